The maximum atomic E-state index is 8.28. The van der Waals surface area contributed by atoms with E-state index in [-0.39, 0.29) is 6.61 Å². The number of aliphatic hydroxyl groups excluding tert-OH is 1. The van der Waals surface area contributed by atoms with E-state index in [1.807, 2.05) is 0 Å². The van der Waals surface area contributed by atoms with Crippen molar-refractivity contribution in [3.8, 4) is 0 Å². The van der Waals surface area contributed by atoms with Crippen LogP contribution in [0.3, 0.4) is 0 Å². The molecular weight excluding hydrogens is 96.0 g/mol. The Morgan fingerprint density at radius 2 is 2.14 bits per heavy atom. The van der Waals surface area contributed by atoms with Crippen molar-refractivity contribution in [2.75, 3.05) is 6.61 Å². The minimum atomic E-state index is -0.450. The van der Waals surface area contributed by atoms with Crippen LogP contribution in [0.1, 0.15) is 13.3 Å². The first-order valence-corrected chi connectivity index (χ1v) is 2.24. The summed E-state index contributed by atoms with van der Waals surface area (Å²) in [5, 5.41) is 8.28. The van der Waals surface area contributed by atoms with Crippen molar-refractivity contribution in [3.63, 3.8) is 0 Å². The fraction of sp³-hybridized carbons (Fsp3) is 1.00. The van der Waals surface area contributed by atoms with Gasteiger partial charge < -0.3 is 5.11 Å². The zero-order chi connectivity index (χ0) is 5.33. The summed E-state index contributed by atoms with van der Waals surface area (Å²) in [7, 11) is 0. The molecule has 1 aliphatic rings. The minimum Gasteiger partial charge on any atom is -0.396 e. The number of rotatable bonds is 2. The van der Waals surface area contributed by atoms with Crippen LogP contribution in [0.4, 0.5) is 0 Å². The van der Waals surface area contributed by atoms with E-state index in [4.69, 9.17) is 5.11 Å². The van der Waals surface area contributed by atoms with Crippen LogP contribution in [0.25, 0.3) is 0 Å². The molecule has 1 rings (SSSR count). The van der Waals surface area contributed by atoms with Gasteiger partial charge in [0.15, 0.2) is 0 Å². The Kier molecular flexibility index (Phi) is 1.03. The fourth-order valence-electron chi connectivity index (χ4n) is 0.358. The van der Waals surface area contributed by atoms with E-state index < -0.39 is 5.79 Å². The fourth-order valence-corrected chi connectivity index (χ4v) is 0.358. The highest BCUT2D eigenvalue weighted by atomic mass is 17.4. The molecule has 1 saturated heterocycles. The molecule has 1 heterocycles. The van der Waals surface area contributed by atoms with Crippen molar-refractivity contribution in [2.24, 2.45) is 0 Å². The van der Waals surface area contributed by atoms with Crippen LogP contribution in [-0.2, 0) is 9.78 Å². The van der Waals surface area contributed by atoms with Crippen molar-refractivity contribution < 1.29 is 14.9 Å². The molecule has 1 fully saturated rings. The van der Waals surface area contributed by atoms with E-state index in [9.17, 15) is 0 Å². The Morgan fingerprint density at radius 3 is 2.29 bits per heavy atom. The molecule has 42 valence electrons. The van der Waals surface area contributed by atoms with Gasteiger partial charge in [-0.1, -0.05) is 0 Å². The normalized spacial score (nSPS) is 24.9. The van der Waals surface area contributed by atoms with E-state index >= 15 is 0 Å². The van der Waals surface area contributed by atoms with Gasteiger partial charge in [-0.2, -0.15) is 9.78 Å². The maximum absolute atomic E-state index is 8.28. The molecule has 1 N–H and O–H groups in total. The second kappa shape index (κ2) is 1.43. The van der Waals surface area contributed by atoms with Crippen molar-refractivity contribution in [1.29, 1.82) is 0 Å². The summed E-state index contributed by atoms with van der Waals surface area (Å²) in [4.78, 5) is 8.95. The van der Waals surface area contributed by atoms with Gasteiger partial charge in [-0.05, 0) is 6.92 Å². The molecule has 0 atom stereocenters. The highest BCUT2D eigenvalue weighted by Crippen LogP contribution is 2.31. The lowest BCUT2D eigenvalue weighted by atomic mass is 10.3. The molecular formula is C4H8O3. The first kappa shape index (κ1) is 5.03. The Bertz CT molecular complexity index is 67.3. The molecule has 0 aromatic heterocycles. The lowest BCUT2D eigenvalue weighted by Crippen LogP contribution is -2.04. The third-order valence-corrected chi connectivity index (χ3v) is 0.934. The molecule has 1 aliphatic heterocycles. The SMILES string of the molecule is CC1(CCO)OO1. The number of hydrogen-bond donors (Lipinski definition) is 1. The Morgan fingerprint density at radius 1 is 1.57 bits per heavy atom. The van der Waals surface area contributed by atoms with E-state index in [2.05, 4.69) is 9.78 Å². The zero-order valence-corrected chi connectivity index (χ0v) is 4.18. The Balaban J connectivity index is 2.13. The minimum absolute atomic E-state index is 0.122. The molecule has 0 spiro atoms. The van der Waals surface area contributed by atoms with Gasteiger partial charge in [0.05, 0.1) is 0 Å². The van der Waals surface area contributed by atoms with Crippen LogP contribution in [-0.4, -0.2) is 17.5 Å². The molecule has 0 aromatic rings. The van der Waals surface area contributed by atoms with Crippen LogP contribution in [0.5, 0.6) is 0 Å². The first-order valence-electron chi connectivity index (χ1n) is 2.24. The summed E-state index contributed by atoms with van der Waals surface area (Å²) in [5.41, 5.74) is 0. The van der Waals surface area contributed by atoms with E-state index in [1.165, 1.54) is 0 Å². The molecule has 0 radical (unpaired) electrons. The van der Waals surface area contributed by atoms with Crippen LogP contribution < -0.4 is 0 Å². The third kappa shape index (κ3) is 1.12. The van der Waals surface area contributed by atoms with Crippen LogP contribution in [0, 0.1) is 0 Å². The van der Waals surface area contributed by atoms with Gasteiger partial charge in [-0.3, -0.25) is 0 Å². The van der Waals surface area contributed by atoms with Gasteiger partial charge in [-0.15, -0.1) is 0 Å². The Labute approximate surface area is 41.8 Å². The molecule has 0 unspecified atom stereocenters. The Hall–Kier alpha value is -0.120. The summed E-state index contributed by atoms with van der Waals surface area (Å²) in [5.74, 6) is -0.450. The van der Waals surface area contributed by atoms with Crippen molar-refractivity contribution in [1.82, 2.24) is 0 Å². The van der Waals surface area contributed by atoms with Crippen molar-refractivity contribution >= 4 is 0 Å². The standard InChI is InChI=1S/C4H8O3/c1-4(2-3-5)6-7-4/h5H,2-3H2,1H3. The van der Waals surface area contributed by atoms with E-state index in [0.29, 0.717) is 6.42 Å². The lowest BCUT2D eigenvalue weighted by Gasteiger charge is -1.90. The average Bonchev–Trinajstić information content (AvgIpc) is 2.22. The highest BCUT2D eigenvalue weighted by molar-refractivity contribution is 4.64. The van der Waals surface area contributed by atoms with Crippen molar-refractivity contribution in [2.45, 2.75) is 19.1 Å². The molecule has 0 amide bonds. The van der Waals surface area contributed by atoms with Crippen molar-refractivity contribution in [3.05, 3.63) is 0 Å². The number of aliphatic hydroxyl groups is 1. The maximum Gasteiger partial charge on any atom is 0.233 e. The second-order valence-electron chi connectivity index (χ2n) is 1.77. The largest absolute Gasteiger partial charge is 0.396 e. The third-order valence-electron chi connectivity index (χ3n) is 0.934. The first-order chi connectivity index (χ1) is 3.27. The quantitative estimate of drug-likeness (QED) is 0.397. The molecule has 0 saturated carbocycles. The monoisotopic (exact) mass is 104 g/mol. The van der Waals surface area contributed by atoms with Gasteiger partial charge in [0.2, 0.25) is 5.79 Å². The highest BCUT2D eigenvalue weighted by Gasteiger charge is 2.42. The van der Waals surface area contributed by atoms with E-state index in [1.54, 1.807) is 6.92 Å². The van der Waals surface area contributed by atoms with Gasteiger partial charge >= 0.3 is 0 Å². The molecule has 0 bridgehead atoms. The van der Waals surface area contributed by atoms with Gasteiger partial charge in [-0.25, -0.2) is 0 Å². The zero-order valence-electron chi connectivity index (χ0n) is 4.18. The summed E-state index contributed by atoms with van der Waals surface area (Å²) in [6.45, 7) is 1.90. The average molecular weight is 104 g/mol. The van der Waals surface area contributed by atoms with Gasteiger partial charge in [0, 0.05) is 13.0 Å². The smallest absolute Gasteiger partial charge is 0.233 e. The number of hydrogen-bond acceptors (Lipinski definition) is 3. The van der Waals surface area contributed by atoms with Crippen LogP contribution in [0.2, 0.25) is 0 Å². The summed E-state index contributed by atoms with van der Waals surface area (Å²) in [6.07, 6.45) is 0.562. The van der Waals surface area contributed by atoms with Gasteiger partial charge in [0.1, 0.15) is 0 Å². The second-order valence-corrected chi connectivity index (χ2v) is 1.77. The molecule has 7 heavy (non-hydrogen) atoms. The molecule has 3 heteroatoms. The summed E-state index contributed by atoms with van der Waals surface area (Å²) >= 11 is 0. The van der Waals surface area contributed by atoms with Gasteiger partial charge in [0.25, 0.3) is 0 Å². The van der Waals surface area contributed by atoms with Crippen LogP contribution >= 0.6 is 0 Å². The summed E-state index contributed by atoms with van der Waals surface area (Å²) < 4.78 is 0. The van der Waals surface area contributed by atoms with Crippen LogP contribution in [0.15, 0.2) is 0 Å². The predicted octanol–water partition coefficient (Wildman–Crippen LogP) is 0.0468. The van der Waals surface area contributed by atoms with E-state index in [0.717, 1.165) is 0 Å². The summed E-state index contributed by atoms with van der Waals surface area (Å²) in [6, 6.07) is 0. The lowest BCUT2D eigenvalue weighted by molar-refractivity contribution is 0.0850. The molecule has 0 aromatic carbocycles. The molecule has 3 nitrogen and oxygen atoms in total. The molecule has 0 aliphatic carbocycles. The topological polar surface area (TPSA) is 45.3 Å². The predicted molar refractivity (Wildman–Crippen MR) is 22.3 cm³/mol.